The lowest BCUT2D eigenvalue weighted by atomic mass is 9.94. The van der Waals surface area contributed by atoms with Crippen LogP contribution in [0.3, 0.4) is 0 Å². The van der Waals surface area contributed by atoms with Gasteiger partial charge in [-0.05, 0) is 18.2 Å². The second kappa shape index (κ2) is 13.8. The first kappa shape index (κ1) is 36.1. The largest absolute Gasteiger partial charge is 0.435 e. The second-order valence-electron chi connectivity index (χ2n) is 13.3. The summed E-state index contributed by atoms with van der Waals surface area (Å²) >= 11 is 12.5. The van der Waals surface area contributed by atoms with Crippen LogP contribution in [0.5, 0.6) is 0 Å². The third kappa shape index (κ3) is 7.53. The van der Waals surface area contributed by atoms with E-state index in [1.165, 1.54) is 42.1 Å². The Hall–Kier alpha value is -4.67. The predicted octanol–water partition coefficient (Wildman–Crippen LogP) is 4.60. The number of aromatic nitrogens is 5. The van der Waals surface area contributed by atoms with Crippen LogP contribution in [-0.2, 0) is 18.0 Å². The quantitative estimate of drug-likeness (QED) is 0.275. The number of likely N-dealkylation sites (tertiary alicyclic amines) is 1. The van der Waals surface area contributed by atoms with E-state index in [0.29, 0.717) is 26.2 Å². The number of piperazine rings is 1. The van der Waals surface area contributed by atoms with Crippen LogP contribution in [-0.4, -0.2) is 110 Å². The Labute approximate surface area is 301 Å². The maximum Gasteiger partial charge on any atom is 0.435 e. The number of nitrogens with zero attached hydrogens (tertiary/aromatic N) is 8. The van der Waals surface area contributed by atoms with Crippen LogP contribution < -0.4 is 11.1 Å². The van der Waals surface area contributed by atoms with Crippen LogP contribution >= 0.6 is 23.2 Å². The molecule has 0 bridgehead atoms. The van der Waals surface area contributed by atoms with E-state index in [1.54, 1.807) is 4.90 Å². The van der Waals surface area contributed by atoms with Crippen molar-refractivity contribution in [3.8, 4) is 17.1 Å². The lowest BCUT2D eigenvalue weighted by Crippen LogP contribution is -2.54. The predicted molar refractivity (Wildman–Crippen MR) is 184 cm³/mol. The second-order valence-corrected chi connectivity index (χ2v) is 14.2. The highest BCUT2D eigenvalue weighted by atomic mass is 35.5. The van der Waals surface area contributed by atoms with Gasteiger partial charge in [0.15, 0.2) is 17.3 Å². The van der Waals surface area contributed by atoms with Crippen molar-refractivity contribution in [1.29, 1.82) is 0 Å². The smallest absolute Gasteiger partial charge is 0.396 e. The fraction of sp³-hybridized carbons (Fsp3) is 0.394. The molecule has 51 heavy (non-hydrogen) atoms. The number of carbonyl (C=O) groups excluding carboxylic acids is 3. The monoisotopic (exact) mass is 747 g/mol. The number of carbonyl (C=O) groups is 3. The highest BCUT2D eigenvalue weighted by molar-refractivity contribution is 6.34. The molecule has 3 aromatic heterocycles. The van der Waals surface area contributed by atoms with Crippen molar-refractivity contribution in [2.45, 2.75) is 19.0 Å². The number of imidazole rings is 1. The van der Waals surface area contributed by atoms with Gasteiger partial charge in [-0.3, -0.25) is 14.4 Å². The number of piperidine rings is 1. The zero-order valence-corrected chi connectivity index (χ0v) is 29.6. The Bertz CT molecular complexity index is 1990. The number of alkyl halides is 3. The van der Waals surface area contributed by atoms with Crippen LogP contribution in [0.2, 0.25) is 10.0 Å². The number of nitrogens with two attached hydrogens (primary N) is 1. The third-order valence-corrected chi connectivity index (χ3v) is 10.0. The maximum absolute atomic E-state index is 14.1. The summed E-state index contributed by atoms with van der Waals surface area (Å²) in [6.07, 6.45) is 0.309. The van der Waals surface area contributed by atoms with Gasteiger partial charge in [0.05, 0.1) is 72.1 Å². The Kier molecular flexibility index (Phi) is 9.78. The van der Waals surface area contributed by atoms with Crippen LogP contribution in [0.25, 0.3) is 17.1 Å². The number of quaternary nitrogens is 1. The number of hydrogen-bond donors (Lipinski definition) is 2. The molecule has 0 aliphatic carbocycles. The highest BCUT2D eigenvalue weighted by Gasteiger charge is 2.39. The van der Waals surface area contributed by atoms with Crippen molar-refractivity contribution in [3.63, 3.8) is 0 Å². The van der Waals surface area contributed by atoms with Gasteiger partial charge >= 0.3 is 6.18 Å². The van der Waals surface area contributed by atoms with Crippen LogP contribution in [0.15, 0.2) is 42.9 Å². The minimum absolute atomic E-state index is 0.000613. The number of anilines is 2. The van der Waals surface area contributed by atoms with E-state index < -0.39 is 17.8 Å². The Morgan fingerprint density at radius 3 is 2.25 bits per heavy atom. The lowest BCUT2D eigenvalue weighted by molar-refractivity contribution is -0.895. The molecule has 3 N–H and O–H groups in total. The standard InChI is InChI=1S/C33H35Cl2F3N10O3/c1-44-26(22-18-47(43-28(22)33(36,37)38)27-15-24(35)25(39)16-40-27)17-41-29(44)30(49)42-20-4-5-21(23(34)14-20)32(51)46-10-8-45(9-11-46)31(50)19-6-12-48(2,3)13-7-19/h4-5,14-19H,6-13,39H2,1-3H3/p+1. The van der Waals surface area contributed by atoms with Gasteiger partial charge in [0, 0.05) is 69.9 Å². The zero-order chi connectivity index (χ0) is 36.8. The molecule has 2 saturated heterocycles. The number of nitrogens with one attached hydrogen (secondary N) is 1. The van der Waals surface area contributed by atoms with Gasteiger partial charge in [-0.25, -0.2) is 14.6 Å². The number of rotatable bonds is 6. The first-order valence-electron chi connectivity index (χ1n) is 16.1. The molecular formula is C33H36Cl2F3N10O3+. The average Bonchev–Trinajstić information content (AvgIpc) is 3.70. The molecule has 13 nitrogen and oxygen atoms in total. The van der Waals surface area contributed by atoms with Gasteiger partial charge in [0.2, 0.25) is 5.91 Å². The van der Waals surface area contributed by atoms with E-state index in [2.05, 4.69) is 34.5 Å². The maximum atomic E-state index is 14.1. The lowest BCUT2D eigenvalue weighted by Gasteiger charge is -2.40. The number of pyridine rings is 1. The first-order valence-corrected chi connectivity index (χ1v) is 16.9. The summed E-state index contributed by atoms with van der Waals surface area (Å²) in [6.45, 7) is 3.54. The van der Waals surface area contributed by atoms with Gasteiger partial charge in [-0.2, -0.15) is 18.3 Å². The summed E-state index contributed by atoms with van der Waals surface area (Å²) < 4.78 is 45.2. The first-order chi connectivity index (χ1) is 24.0. The Morgan fingerprint density at radius 2 is 1.63 bits per heavy atom. The van der Waals surface area contributed by atoms with Gasteiger partial charge in [0.1, 0.15) is 0 Å². The third-order valence-electron chi connectivity index (χ3n) is 9.40. The molecule has 18 heteroatoms. The van der Waals surface area contributed by atoms with Crippen molar-refractivity contribution in [2.24, 2.45) is 13.0 Å². The number of benzene rings is 1. The van der Waals surface area contributed by atoms with Crippen LogP contribution in [0.4, 0.5) is 24.5 Å². The molecule has 6 rings (SSSR count). The Morgan fingerprint density at radius 1 is 0.961 bits per heavy atom. The SMILES string of the molecule is Cn1c(-c2cn(-c3cc(Cl)c(N)cn3)nc2C(F)(F)F)cnc1C(=O)Nc1ccc(C(=O)N2CCN(C(=O)C3CC[N+](C)(C)CC3)CC2)c(Cl)c1. The van der Waals surface area contributed by atoms with Crippen LogP contribution in [0, 0.1) is 5.92 Å². The molecule has 0 spiro atoms. The normalized spacial score (nSPS) is 16.7. The average molecular weight is 749 g/mol. The molecular weight excluding hydrogens is 712 g/mol. The number of hydrogen-bond acceptors (Lipinski definition) is 7. The minimum atomic E-state index is -4.85. The van der Waals surface area contributed by atoms with E-state index >= 15 is 0 Å². The summed E-state index contributed by atoms with van der Waals surface area (Å²) in [7, 11) is 5.73. The molecule has 2 aliphatic heterocycles. The highest BCUT2D eigenvalue weighted by Crippen LogP contribution is 2.37. The van der Waals surface area contributed by atoms with E-state index in [0.717, 1.165) is 47.5 Å². The Balaban J connectivity index is 1.12. The van der Waals surface area contributed by atoms with Gasteiger partial charge in [0.25, 0.3) is 11.8 Å². The molecule has 0 saturated carbocycles. The molecule has 2 aliphatic rings. The molecule has 270 valence electrons. The van der Waals surface area contributed by atoms with E-state index in [-0.39, 0.29) is 67.6 Å². The number of halogens is 5. The van der Waals surface area contributed by atoms with E-state index in [4.69, 9.17) is 28.9 Å². The molecule has 5 heterocycles. The molecule has 3 amide bonds. The number of nitrogen functional groups attached to an aromatic ring is 1. The van der Waals surface area contributed by atoms with E-state index in [9.17, 15) is 27.6 Å². The van der Waals surface area contributed by atoms with Gasteiger partial charge in [-0.15, -0.1) is 0 Å². The van der Waals surface area contributed by atoms with Crippen molar-refractivity contribution < 1.29 is 32.0 Å². The summed E-state index contributed by atoms with van der Waals surface area (Å²) in [5.41, 5.74) is 4.69. The molecule has 0 unspecified atom stereocenters. The van der Waals surface area contributed by atoms with Gasteiger partial charge in [-0.1, -0.05) is 23.2 Å². The fourth-order valence-electron chi connectivity index (χ4n) is 6.34. The molecule has 0 atom stereocenters. The topological polar surface area (TPSA) is 144 Å². The van der Waals surface area contributed by atoms with Gasteiger partial charge < -0.3 is 29.9 Å². The molecule has 2 fully saturated rings. The van der Waals surface area contributed by atoms with E-state index in [1.807, 2.05) is 4.90 Å². The number of amides is 3. The summed E-state index contributed by atoms with van der Waals surface area (Å²) in [5, 5.41) is 6.51. The van der Waals surface area contributed by atoms with Crippen molar-refractivity contribution in [3.05, 3.63) is 70.0 Å². The van der Waals surface area contributed by atoms with Crippen molar-refractivity contribution >= 4 is 52.3 Å². The molecule has 1 aromatic carbocycles. The molecule has 0 radical (unpaired) electrons. The van der Waals surface area contributed by atoms with Crippen molar-refractivity contribution in [1.82, 2.24) is 34.1 Å². The van der Waals surface area contributed by atoms with Crippen LogP contribution in [0.1, 0.15) is 39.5 Å². The zero-order valence-electron chi connectivity index (χ0n) is 28.0. The minimum Gasteiger partial charge on any atom is -0.396 e. The van der Waals surface area contributed by atoms with Crippen molar-refractivity contribution in [2.75, 3.05) is 64.4 Å². The summed E-state index contributed by atoms with van der Waals surface area (Å²) in [4.78, 5) is 51.3. The summed E-state index contributed by atoms with van der Waals surface area (Å²) in [6, 6.07) is 5.68. The summed E-state index contributed by atoms with van der Waals surface area (Å²) in [5.74, 6) is -1.06. The molecule has 4 aromatic rings. The fourth-order valence-corrected chi connectivity index (χ4v) is 6.75.